The lowest BCUT2D eigenvalue weighted by Gasteiger charge is -2.14. The molecule has 0 spiro atoms. The summed E-state index contributed by atoms with van der Waals surface area (Å²) in [5.74, 6) is 0. The number of carbonyl (C=O) groups excluding carboxylic acids is 1. The van der Waals surface area contributed by atoms with Gasteiger partial charge in [0.25, 0.3) is 0 Å². The van der Waals surface area contributed by atoms with Crippen molar-refractivity contribution in [3.8, 4) is 0 Å². The molecular weight excluding hydrogens is 220 g/mol. The average Bonchev–Trinajstić information content (AvgIpc) is 2.74. The fourth-order valence-corrected chi connectivity index (χ4v) is 2.08. The molecule has 1 radical (unpaired) electrons. The molecule has 0 fully saturated rings. The Labute approximate surface area is 98.1 Å². The Morgan fingerprint density at radius 1 is 1.38 bits per heavy atom. The zero-order valence-corrected chi connectivity index (χ0v) is 9.41. The van der Waals surface area contributed by atoms with E-state index in [1.54, 1.807) is 11.0 Å². The molecule has 0 aliphatic rings. The van der Waals surface area contributed by atoms with Crippen molar-refractivity contribution in [3.05, 3.63) is 47.3 Å². The lowest BCUT2D eigenvalue weighted by Crippen LogP contribution is -2.19. The van der Waals surface area contributed by atoms with E-state index in [2.05, 4.69) is 5.38 Å². The quantitative estimate of drug-likeness (QED) is 0.821. The second-order valence-corrected chi connectivity index (χ2v) is 4.19. The summed E-state index contributed by atoms with van der Waals surface area (Å²) in [7, 11) is 0. The second-order valence-electron chi connectivity index (χ2n) is 3.36. The lowest BCUT2D eigenvalue weighted by atomic mass is 10.2. The zero-order valence-electron chi connectivity index (χ0n) is 8.59. The molecule has 2 N–H and O–H groups in total. The third kappa shape index (κ3) is 2.41. The van der Waals surface area contributed by atoms with Gasteiger partial charge >= 0.3 is 0 Å². The van der Waals surface area contributed by atoms with E-state index >= 15 is 0 Å². The van der Waals surface area contributed by atoms with Crippen LogP contribution in [0, 0.1) is 5.38 Å². The zero-order chi connectivity index (χ0) is 11.4. The van der Waals surface area contributed by atoms with Crippen molar-refractivity contribution in [1.82, 2.24) is 0 Å². The van der Waals surface area contributed by atoms with Crippen LogP contribution in [0.3, 0.4) is 0 Å². The van der Waals surface area contributed by atoms with E-state index in [1.165, 1.54) is 11.3 Å². The van der Waals surface area contributed by atoms with Crippen LogP contribution in [0.4, 0.5) is 10.7 Å². The number of nitrogens with zero attached hydrogens (tertiary/aromatic N) is 1. The number of hydrogen-bond donors (Lipinski definition) is 1. The molecule has 1 aromatic heterocycles. The van der Waals surface area contributed by atoms with Crippen molar-refractivity contribution in [2.24, 2.45) is 0 Å². The van der Waals surface area contributed by atoms with Crippen molar-refractivity contribution in [3.63, 3.8) is 0 Å². The minimum Gasteiger partial charge on any atom is -0.397 e. The summed E-state index contributed by atoms with van der Waals surface area (Å²) in [5.41, 5.74) is 7.23. The van der Waals surface area contributed by atoms with Gasteiger partial charge in [-0.3, -0.25) is 4.79 Å². The third-order valence-corrected chi connectivity index (χ3v) is 3.06. The van der Waals surface area contributed by atoms with E-state index in [4.69, 9.17) is 5.73 Å². The van der Waals surface area contributed by atoms with Crippen LogP contribution in [-0.2, 0) is 11.3 Å². The van der Waals surface area contributed by atoms with Gasteiger partial charge < -0.3 is 10.6 Å². The monoisotopic (exact) mass is 231 g/mol. The van der Waals surface area contributed by atoms with Gasteiger partial charge in [0.2, 0.25) is 6.41 Å². The number of anilines is 2. The number of benzene rings is 1. The molecule has 1 aromatic carbocycles. The van der Waals surface area contributed by atoms with Gasteiger partial charge in [-0.05, 0) is 11.6 Å². The van der Waals surface area contributed by atoms with E-state index in [-0.39, 0.29) is 0 Å². The SMILES string of the molecule is Nc1[c]sc(N(C=O)Cc2ccccc2)c1. The van der Waals surface area contributed by atoms with Gasteiger partial charge in [-0.2, -0.15) is 0 Å². The molecule has 0 aliphatic carbocycles. The number of rotatable bonds is 4. The van der Waals surface area contributed by atoms with Crippen LogP contribution in [-0.4, -0.2) is 6.41 Å². The van der Waals surface area contributed by atoms with Gasteiger partial charge in [0.05, 0.1) is 17.6 Å². The lowest BCUT2D eigenvalue weighted by molar-refractivity contribution is -0.107. The van der Waals surface area contributed by atoms with Crippen LogP contribution in [0.5, 0.6) is 0 Å². The predicted octanol–water partition coefficient (Wildman–Crippen LogP) is 2.29. The van der Waals surface area contributed by atoms with Crippen LogP contribution < -0.4 is 10.6 Å². The normalized spacial score (nSPS) is 10.0. The number of nitrogen functional groups attached to an aromatic ring is 1. The van der Waals surface area contributed by atoms with E-state index in [1.807, 2.05) is 30.3 Å². The number of hydrogen-bond acceptors (Lipinski definition) is 3. The van der Waals surface area contributed by atoms with E-state index in [0.717, 1.165) is 17.0 Å². The molecule has 0 bridgehead atoms. The number of nitrogens with two attached hydrogens (primary N) is 1. The van der Waals surface area contributed by atoms with Crippen molar-refractivity contribution >= 4 is 28.4 Å². The molecule has 3 nitrogen and oxygen atoms in total. The van der Waals surface area contributed by atoms with Crippen LogP contribution in [0.15, 0.2) is 36.4 Å². The van der Waals surface area contributed by atoms with E-state index in [0.29, 0.717) is 12.2 Å². The molecule has 2 aromatic rings. The first-order valence-electron chi connectivity index (χ1n) is 4.82. The standard InChI is InChI=1S/C12H11N2OS/c13-11-6-12(16-8-11)14(9-15)7-10-4-2-1-3-5-10/h1-6,9H,7,13H2. The Morgan fingerprint density at radius 2 is 2.12 bits per heavy atom. The Hall–Kier alpha value is -1.81. The highest BCUT2D eigenvalue weighted by Crippen LogP contribution is 2.25. The second kappa shape index (κ2) is 4.81. The molecule has 1 heterocycles. The Balaban J connectivity index is 2.15. The molecule has 16 heavy (non-hydrogen) atoms. The summed E-state index contributed by atoms with van der Waals surface area (Å²) >= 11 is 1.35. The van der Waals surface area contributed by atoms with Gasteiger partial charge in [0, 0.05) is 0 Å². The van der Waals surface area contributed by atoms with Crippen LogP contribution >= 0.6 is 11.3 Å². The van der Waals surface area contributed by atoms with Crippen molar-refractivity contribution in [2.45, 2.75) is 6.54 Å². The summed E-state index contributed by atoms with van der Waals surface area (Å²) in [5, 5.41) is 3.70. The molecule has 0 saturated heterocycles. The summed E-state index contributed by atoms with van der Waals surface area (Å²) in [6.07, 6.45) is 0.812. The van der Waals surface area contributed by atoms with Crippen LogP contribution in [0.2, 0.25) is 0 Å². The highest BCUT2D eigenvalue weighted by molar-refractivity contribution is 7.14. The highest BCUT2D eigenvalue weighted by Gasteiger charge is 2.08. The maximum atomic E-state index is 11.0. The smallest absolute Gasteiger partial charge is 0.215 e. The highest BCUT2D eigenvalue weighted by atomic mass is 32.1. The Kier molecular flexibility index (Phi) is 3.22. The fourth-order valence-electron chi connectivity index (χ4n) is 1.39. The first-order chi connectivity index (χ1) is 7.79. The topological polar surface area (TPSA) is 46.3 Å². The predicted molar refractivity (Wildman–Crippen MR) is 66.3 cm³/mol. The largest absolute Gasteiger partial charge is 0.397 e. The van der Waals surface area contributed by atoms with Crippen LogP contribution in [0.25, 0.3) is 0 Å². The van der Waals surface area contributed by atoms with Gasteiger partial charge in [-0.15, -0.1) is 11.3 Å². The fraction of sp³-hybridized carbons (Fsp3) is 0.0833. The number of amides is 1. The summed E-state index contributed by atoms with van der Waals surface area (Å²) in [6, 6.07) is 11.6. The van der Waals surface area contributed by atoms with Crippen molar-refractivity contribution < 1.29 is 4.79 Å². The molecule has 4 heteroatoms. The Bertz CT molecular complexity index is 467. The number of carbonyl (C=O) groups is 1. The molecule has 81 valence electrons. The number of thiophene rings is 1. The molecule has 0 saturated carbocycles. The average molecular weight is 231 g/mol. The van der Waals surface area contributed by atoms with Gasteiger partial charge in [-0.25, -0.2) is 0 Å². The first-order valence-corrected chi connectivity index (χ1v) is 5.64. The summed E-state index contributed by atoms with van der Waals surface area (Å²) < 4.78 is 0. The van der Waals surface area contributed by atoms with Gasteiger partial charge in [0.1, 0.15) is 5.00 Å². The molecular formula is C12H11N2OS. The third-order valence-electron chi connectivity index (χ3n) is 2.16. The van der Waals surface area contributed by atoms with Crippen LogP contribution in [0.1, 0.15) is 5.56 Å². The first kappa shape index (κ1) is 10.7. The van der Waals surface area contributed by atoms with Gasteiger partial charge in [-0.1, -0.05) is 30.3 Å². The minimum absolute atomic E-state index is 0.554. The van der Waals surface area contributed by atoms with Crippen molar-refractivity contribution in [1.29, 1.82) is 0 Å². The molecule has 0 unspecified atom stereocenters. The maximum absolute atomic E-state index is 11.0. The molecule has 0 atom stereocenters. The Morgan fingerprint density at radius 3 is 2.69 bits per heavy atom. The molecule has 0 aliphatic heterocycles. The molecule has 2 rings (SSSR count). The summed E-state index contributed by atoms with van der Waals surface area (Å²) in [4.78, 5) is 12.6. The maximum Gasteiger partial charge on any atom is 0.215 e. The van der Waals surface area contributed by atoms with Crippen molar-refractivity contribution in [2.75, 3.05) is 10.6 Å². The summed E-state index contributed by atoms with van der Waals surface area (Å²) in [6.45, 7) is 0.554. The van der Waals surface area contributed by atoms with E-state index < -0.39 is 0 Å². The molecule has 1 amide bonds. The minimum atomic E-state index is 0.554. The van der Waals surface area contributed by atoms with E-state index in [9.17, 15) is 4.79 Å². The van der Waals surface area contributed by atoms with Gasteiger partial charge in [0.15, 0.2) is 0 Å².